The van der Waals surface area contributed by atoms with Gasteiger partial charge in [-0.2, -0.15) is 0 Å². The summed E-state index contributed by atoms with van der Waals surface area (Å²) in [5, 5.41) is 9.95. The first kappa shape index (κ1) is 12.6. The summed E-state index contributed by atoms with van der Waals surface area (Å²) in [6, 6.07) is 9.61. The molecule has 1 aromatic carbocycles. The standard InChI is InChI=1S/C14H16O5/c1-17-13-11(8-5-3-2-4-6-8)19-12-9(15)7-10(16)18-14(12)13/h2-6,9,11-15H,7H2,1H3/t9-,11-,12+,13+,14-/m1/s1. The van der Waals surface area contributed by atoms with Crippen molar-refractivity contribution in [1.82, 2.24) is 0 Å². The molecule has 5 heteroatoms. The Morgan fingerprint density at radius 3 is 2.68 bits per heavy atom. The quantitative estimate of drug-likeness (QED) is 0.801. The Balaban J connectivity index is 1.90. The van der Waals surface area contributed by atoms with Crippen LogP contribution in [0.1, 0.15) is 18.1 Å². The Hall–Kier alpha value is -1.43. The fourth-order valence-electron chi connectivity index (χ4n) is 2.78. The van der Waals surface area contributed by atoms with E-state index in [1.165, 1.54) is 0 Å². The highest BCUT2D eigenvalue weighted by molar-refractivity contribution is 5.71. The molecule has 1 N–H and O–H groups in total. The van der Waals surface area contributed by atoms with E-state index in [1.807, 2.05) is 30.3 Å². The molecule has 0 amide bonds. The smallest absolute Gasteiger partial charge is 0.308 e. The lowest BCUT2D eigenvalue weighted by Gasteiger charge is -2.30. The van der Waals surface area contributed by atoms with Crippen LogP contribution in [0.2, 0.25) is 0 Å². The van der Waals surface area contributed by atoms with Crippen LogP contribution in [0.15, 0.2) is 30.3 Å². The summed E-state index contributed by atoms with van der Waals surface area (Å²) in [7, 11) is 1.56. The highest BCUT2D eigenvalue weighted by Gasteiger charge is 2.53. The first-order valence-electron chi connectivity index (χ1n) is 6.31. The lowest BCUT2D eigenvalue weighted by molar-refractivity contribution is -0.176. The fourth-order valence-corrected chi connectivity index (χ4v) is 2.78. The molecule has 0 bridgehead atoms. The van der Waals surface area contributed by atoms with Gasteiger partial charge in [-0.1, -0.05) is 30.3 Å². The lowest BCUT2D eigenvalue weighted by Crippen LogP contribution is -2.48. The third-order valence-corrected chi connectivity index (χ3v) is 3.67. The molecule has 102 valence electrons. The minimum atomic E-state index is -0.836. The van der Waals surface area contributed by atoms with E-state index in [4.69, 9.17) is 14.2 Å². The fraction of sp³-hybridized carbons (Fsp3) is 0.500. The molecular weight excluding hydrogens is 248 g/mol. The number of fused-ring (bicyclic) bond motifs is 1. The molecule has 0 aromatic heterocycles. The summed E-state index contributed by atoms with van der Waals surface area (Å²) in [5.41, 5.74) is 0.951. The van der Waals surface area contributed by atoms with Crippen LogP contribution in [0.25, 0.3) is 0 Å². The van der Waals surface area contributed by atoms with Gasteiger partial charge in [0.1, 0.15) is 18.3 Å². The second-order valence-corrected chi connectivity index (χ2v) is 4.86. The molecule has 5 atom stereocenters. The molecule has 19 heavy (non-hydrogen) atoms. The van der Waals surface area contributed by atoms with Gasteiger partial charge in [0, 0.05) is 7.11 Å². The molecule has 2 aliphatic rings. The van der Waals surface area contributed by atoms with Gasteiger partial charge < -0.3 is 19.3 Å². The van der Waals surface area contributed by atoms with Crippen molar-refractivity contribution in [2.24, 2.45) is 0 Å². The highest BCUT2D eigenvalue weighted by atomic mass is 16.6. The Morgan fingerprint density at radius 1 is 1.26 bits per heavy atom. The van der Waals surface area contributed by atoms with Crippen LogP contribution in [0.4, 0.5) is 0 Å². The Bertz CT molecular complexity index is 460. The molecule has 5 nitrogen and oxygen atoms in total. The lowest BCUT2D eigenvalue weighted by atomic mass is 9.96. The van der Waals surface area contributed by atoms with Crippen molar-refractivity contribution >= 4 is 5.97 Å². The predicted octanol–water partition coefficient (Wildman–Crippen LogP) is 0.818. The van der Waals surface area contributed by atoms with Gasteiger partial charge >= 0.3 is 5.97 Å². The molecule has 2 aliphatic heterocycles. The van der Waals surface area contributed by atoms with Crippen LogP contribution in [0.3, 0.4) is 0 Å². The van der Waals surface area contributed by atoms with Crippen molar-refractivity contribution in [2.45, 2.75) is 36.9 Å². The minimum absolute atomic E-state index is 0.0287. The van der Waals surface area contributed by atoms with Crippen LogP contribution in [-0.4, -0.2) is 42.6 Å². The van der Waals surface area contributed by atoms with E-state index in [9.17, 15) is 9.90 Å². The van der Waals surface area contributed by atoms with E-state index in [-0.39, 0.29) is 12.5 Å². The number of aliphatic hydroxyl groups excluding tert-OH is 1. The van der Waals surface area contributed by atoms with Crippen molar-refractivity contribution in [2.75, 3.05) is 7.11 Å². The van der Waals surface area contributed by atoms with Crippen molar-refractivity contribution in [3.8, 4) is 0 Å². The van der Waals surface area contributed by atoms with Crippen LogP contribution in [-0.2, 0) is 19.0 Å². The van der Waals surface area contributed by atoms with Crippen LogP contribution in [0, 0.1) is 0 Å². The summed E-state index contributed by atoms with van der Waals surface area (Å²) in [4.78, 5) is 11.4. The number of carbonyl (C=O) groups excluding carboxylic acids is 1. The number of carbonyl (C=O) groups is 1. The maximum absolute atomic E-state index is 11.4. The van der Waals surface area contributed by atoms with Crippen LogP contribution in [0.5, 0.6) is 0 Å². The number of benzene rings is 1. The zero-order chi connectivity index (χ0) is 13.4. The molecular formula is C14H16O5. The molecule has 0 radical (unpaired) electrons. The van der Waals surface area contributed by atoms with E-state index in [0.717, 1.165) is 5.56 Å². The molecule has 2 heterocycles. The third-order valence-electron chi connectivity index (χ3n) is 3.67. The Labute approximate surface area is 111 Å². The number of hydrogen-bond donors (Lipinski definition) is 1. The van der Waals surface area contributed by atoms with E-state index >= 15 is 0 Å². The average Bonchev–Trinajstić information content (AvgIpc) is 2.78. The summed E-state index contributed by atoms with van der Waals surface area (Å²) < 4.78 is 16.6. The van der Waals surface area contributed by atoms with Gasteiger partial charge in [-0.15, -0.1) is 0 Å². The second-order valence-electron chi connectivity index (χ2n) is 4.86. The molecule has 0 saturated carbocycles. The maximum atomic E-state index is 11.4. The van der Waals surface area contributed by atoms with Crippen molar-refractivity contribution < 1.29 is 24.1 Å². The van der Waals surface area contributed by atoms with Crippen LogP contribution < -0.4 is 0 Å². The number of ether oxygens (including phenoxy) is 3. The van der Waals surface area contributed by atoms with Crippen molar-refractivity contribution in [3.05, 3.63) is 35.9 Å². The predicted molar refractivity (Wildman–Crippen MR) is 65.4 cm³/mol. The van der Waals surface area contributed by atoms with E-state index < -0.39 is 30.4 Å². The SMILES string of the molecule is CO[C@@H]1[C@@H]2OC(=O)C[C@@H](O)[C@@H]2O[C@@H]1c1ccccc1. The van der Waals surface area contributed by atoms with E-state index in [1.54, 1.807) is 7.11 Å². The zero-order valence-corrected chi connectivity index (χ0v) is 10.6. The highest BCUT2D eigenvalue weighted by Crippen LogP contribution is 2.40. The Kier molecular flexibility index (Phi) is 3.26. The van der Waals surface area contributed by atoms with Gasteiger partial charge in [-0.25, -0.2) is 0 Å². The Morgan fingerprint density at radius 2 is 2.00 bits per heavy atom. The van der Waals surface area contributed by atoms with Gasteiger partial charge in [0.2, 0.25) is 0 Å². The average molecular weight is 264 g/mol. The van der Waals surface area contributed by atoms with Crippen LogP contribution >= 0.6 is 0 Å². The van der Waals surface area contributed by atoms with E-state index in [2.05, 4.69) is 0 Å². The van der Waals surface area contributed by atoms with Gasteiger partial charge in [0.15, 0.2) is 6.10 Å². The third kappa shape index (κ3) is 2.14. The first-order chi connectivity index (χ1) is 9.20. The molecule has 3 rings (SSSR count). The number of hydrogen-bond acceptors (Lipinski definition) is 5. The second kappa shape index (κ2) is 4.92. The van der Waals surface area contributed by atoms with Gasteiger partial charge in [-0.05, 0) is 5.56 Å². The summed E-state index contributed by atoms with van der Waals surface area (Å²) >= 11 is 0. The molecule has 1 aromatic rings. The topological polar surface area (TPSA) is 65.0 Å². The molecule has 2 saturated heterocycles. The minimum Gasteiger partial charge on any atom is -0.456 e. The normalized spacial score (nSPS) is 37.8. The zero-order valence-electron chi connectivity index (χ0n) is 10.6. The van der Waals surface area contributed by atoms with Crippen molar-refractivity contribution in [3.63, 3.8) is 0 Å². The van der Waals surface area contributed by atoms with Gasteiger partial charge in [-0.3, -0.25) is 4.79 Å². The maximum Gasteiger partial charge on any atom is 0.308 e. The van der Waals surface area contributed by atoms with Gasteiger partial charge in [0.05, 0.1) is 12.5 Å². The number of esters is 1. The molecule has 0 spiro atoms. The summed E-state index contributed by atoms with van der Waals surface area (Å²) in [6.07, 6.45) is -2.66. The van der Waals surface area contributed by atoms with E-state index in [0.29, 0.717) is 0 Å². The monoisotopic (exact) mass is 264 g/mol. The molecule has 2 fully saturated rings. The number of aliphatic hydroxyl groups is 1. The number of rotatable bonds is 2. The van der Waals surface area contributed by atoms with Gasteiger partial charge in [0.25, 0.3) is 0 Å². The largest absolute Gasteiger partial charge is 0.456 e. The molecule has 0 aliphatic carbocycles. The number of methoxy groups -OCH3 is 1. The molecule has 0 unspecified atom stereocenters. The van der Waals surface area contributed by atoms with Crippen molar-refractivity contribution in [1.29, 1.82) is 0 Å². The first-order valence-corrected chi connectivity index (χ1v) is 6.31. The summed E-state index contributed by atoms with van der Waals surface area (Å²) in [6.45, 7) is 0. The summed E-state index contributed by atoms with van der Waals surface area (Å²) in [5.74, 6) is -0.409.